The highest BCUT2D eigenvalue weighted by Crippen LogP contribution is 2.43. The zero-order chi connectivity index (χ0) is 54.5. The number of azide groups is 2. The van der Waals surface area contributed by atoms with Crippen LogP contribution >= 0.6 is 34.8 Å². The van der Waals surface area contributed by atoms with Gasteiger partial charge in [-0.05, 0) is 74.6 Å². The van der Waals surface area contributed by atoms with Crippen LogP contribution in [0.4, 0.5) is 0 Å². The topological polar surface area (TPSA) is 316 Å². The molecule has 1 N–H and O–H groups in total. The van der Waals surface area contributed by atoms with Crippen molar-refractivity contribution in [1.29, 1.82) is 5.41 Å². The van der Waals surface area contributed by atoms with Crippen molar-refractivity contribution < 1.29 is 76.1 Å². The fourth-order valence-corrected chi connectivity index (χ4v) is 9.62. The first kappa shape index (κ1) is 61.1. The second-order valence-corrected chi connectivity index (χ2v) is 20.8. The van der Waals surface area contributed by atoms with Gasteiger partial charge in [-0.2, -0.15) is 9.59 Å². The first-order valence-corrected chi connectivity index (χ1v) is 25.0. The van der Waals surface area contributed by atoms with Crippen molar-refractivity contribution in [3.05, 3.63) is 56.8 Å². The molecule has 4 fully saturated rings. The number of hydrogen-bond acceptors (Lipinski definition) is 19. The molecule has 0 amide bonds. The molecule has 0 radical (unpaired) electrons. The van der Waals surface area contributed by atoms with E-state index in [-0.39, 0.29) is 48.3 Å². The molecule has 4 saturated heterocycles. The van der Waals surface area contributed by atoms with Crippen molar-refractivity contribution in [3.63, 3.8) is 0 Å². The molecule has 4 aliphatic rings. The highest BCUT2D eigenvalue weighted by Gasteiger charge is 2.56. The molecule has 0 saturated carbocycles. The lowest BCUT2D eigenvalue weighted by Crippen LogP contribution is -2.63. The summed E-state index contributed by atoms with van der Waals surface area (Å²) in [6.07, 6.45) is -13.0. The minimum absolute atomic E-state index is 0.00954. The molecule has 0 aliphatic carbocycles. The van der Waals surface area contributed by atoms with Gasteiger partial charge in [0.2, 0.25) is 12.2 Å². The van der Waals surface area contributed by atoms with Gasteiger partial charge < -0.3 is 52.2 Å². The largest absolute Gasteiger partial charge is 0.457 e. The number of hydrogen-bond donors (Lipinski definition) is 1. The predicted molar refractivity (Wildman–Crippen MR) is 257 cm³/mol. The lowest BCUT2D eigenvalue weighted by Gasteiger charge is -2.51. The number of esters is 2. The van der Waals surface area contributed by atoms with E-state index in [1.165, 1.54) is 13.8 Å². The molecular formula is C47H64Cl3N7O16. The SMILES string of the molecule is CCC1O[C@H](O[C@@H]2C(C)O[C@H](OC(=N)C(Cl)(Cl)Cl)C(OC(=O)c3ccccc3)[C@H]2C)C(N=[N+]=[N-])[C@@H](C)[C@@H]1O[C@@H]1O[C@@H](C(C)=O)[C@@H](O[C@H]2O[C@@H](CC)[C@@H](C)[C@H](C)C2N=[N+]=[N-])[C@H](C)C1OC(=O)CCC(C)=O.O=C=O. The third-order valence-electron chi connectivity index (χ3n) is 13.7. The molecule has 0 bridgehead atoms. The summed E-state index contributed by atoms with van der Waals surface area (Å²) in [7, 11) is 0. The van der Waals surface area contributed by atoms with E-state index in [4.69, 9.17) is 97.2 Å². The third kappa shape index (κ3) is 15.6. The molecule has 0 spiro atoms. The molecule has 1 aromatic rings. The highest BCUT2D eigenvalue weighted by atomic mass is 35.6. The number of benzene rings is 1. The van der Waals surface area contributed by atoms with Gasteiger partial charge in [0.25, 0.3) is 3.79 Å². The number of carbonyl (C=O) groups excluding carboxylic acids is 6. The maximum Gasteiger partial charge on any atom is 0.373 e. The van der Waals surface area contributed by atoms with Crippen molar-refractivity contribution in [2.24, 2.45) is 39.8 Å². The number of Topliss-reactive ketones (excluding diaryl/α,β-unsaturated/α-hetero) is 2. The fourth-order valence-electron chi connectivity index (χ4n) is 9.48. The highest BCUT2D eigenvalue weighted by molar-refractivity contribution is 6.76. The summed E-state index contributed by atoms with van der Waals surface area (Å²) >= 11 is 17.8. The normalized spacial score (nSPS) is 36.2. The number of ketones is 2. The lowest BCUT2D eigenvalue weighted by atomic mass is 9.81. The van der Waals surface area contributed by atoms with Crippen molar-refractivity contribution >= 4 is 70.4 Å². The van der Waals surface area contributed by atoms with Crippen LogP contribution in [-0.2, 0) is 71.3 Å². The van der Waals surface area contributed by atoms with Gasteiger partial charge in [0.05, 0.1) is 54.6 Å². The molecule has 404 valence electrons. The quantitative estimate of drug-likeness (QED) is 0.0275. The second kappa shape index (κ2) is 27.9. The van der Waals surface area contributed by atoms with E-state index in [9.17, 15) is 30.2 Å². The Kier molecular flexibility index (Phi) is 23.4. The molecule has 0 aromatic heterocycles. The molecule has 73 heavy (non-hydrogen) atoms. The Hall–Kier alpha value is -4.44. The number of rotatable bonds is 18. The van der Waals surface area contributed by atoms with Gasteiger partial charge in [0.15, 0.2) is 36.9 Å². The summed E-state index contributed by atoms with van der Waals surface area (Å²) in [6, 6.07) is 6.30. The maximum absolute atomic E-state index is 13.6. The molecule has 5 rings (SSSR count). The van der Waals surface area contributed by atoms with Gasteiger partial charge in [-0.3, -0.25) is 15.0 Å². The number of carbonyl (C=O) groups is 4. The van der Waals surface area contributed by atoms with E-state index in [1.807, 2.05) is 27.7 Å². The first-order chi connectivity index (χ1) is 34.5. The minimum atomic E-state index is -2.27. The van der Waals surface area contributed by atoms with Crippen LogP contribution in [0.2, 0.25) is 0 Å². The van der Waals surface area contributed by atoms with E-state index in [0.717, 1.165) is 0 Å². The summed E-state index contributed by atoms with van der Waals surface area (Å²) in [5, 5.41) is 16.4. The van der Waals surface area contributed by atoms with Crippen LogP contribution in [0, 0.1) is 35.0 Å². The van der Waals surface area contributed by atoms with Crippen LogP contribution in [0.3, 0.4) is 0 Å². The van der Waals surface area contributed by atoms with Gasteiger partial charge in [-0.15, -0.1) is 0 Å². The Bertz CT molecular complexity index is 2200. The molecule has 26 heteroatoms. The summed E-state index contributed by atoms with van der Waals surface area (Å²) in [6.45, 7) is 17.2. The molecule has 4 heterocycles. The van der Waals surface area contributed by atoms with Crippen molar-refractivity contribution in [2.75, 3.05) is 0 Å². The number of alkyl halides is 3. The molecular weight excluding hydrogens is 1020 g/mol. The average molecular weight is 1090 g/mol. The van der Waals surface area contributed by atoms with Crippen molar-refractivity contribution in [3.8, 4) is 0 Å². The zero-order valence-corrected chi connectivity index (χ0v) is 44.4. The van der Waals surface area contributed by atoms with Crippen molar-refractivity contribution in [1.82, 2.24) is 0 Å². The number of nitrogens with zero attached hydrogens (tertiary/aromatic N) is 6. The second-order valence-electron chi connectivity index (χ2n) is 18.6. The Labute approximate surface area is 437 Å². The Morgan fingerprint density at radius 3 is 1.71 bits per heavy atom. The Morgan fingerprint density at radius 2 is 1.18 bits per heavy atom. The van der Waals surface area contributed by atoms with E-state index < -0.39 is 131 Å². The van der Waals surface area contributed by atoms with Crippen LogP contribution in [0.5, 0.6) is 0 Å². The van der Waals surface area contributed by atoms with Gasteiger partial charge in [0.1, 0.15) is 18.0 Å². The standard InChI is InChI=1S/C46H64Cl3N7O14.CO2/c1-11-29-21(4)22(5)32(53-55-51)41(62-29)68-36-25(8)37(64-31(59)19-18-20(3)57)44(69-39(36)26(9)58)67-35-23(6)33(54-56-52)42(63-30(35)12-2)66-34-24(7)38(65-40(60)28-16-14-13-15-17-28)43(61-27(34)10)70-45(50)46(47,48)49;2-1-3/h13-17,21-25,27,29-30,32-39,41-44,50H,11-12,18-19H2,1-10H3;/t21-,22-,23+,24-,25-,27?,29-,30?,32?,33?,34-,35-,36-,37?,38?,39-,41+,42+,43+,44+;/m0./s1. The van der Waals surface area contributed by atoms with Gasteiger partial charge >= 0.3 is 18.1 Å². The number of halogens is 3. The summed E-state index contributed by atoms with van der Waals surface area (Å²) in [4.78, 5) is 74.8. The van der Waals surface area contributed by atoms with E-state index in [2.05, 4.69) is 20.1 Å². The van der Waals surface area contributed by atoms with E-state index >= 15 is 0 Å². The van der Waals surface area contributed by atoms with Crippen LogP contribution in [-0.4, -0.2) is 132 Å². The maximum atomic E-state index is 13.6. The van der Waals surface area contributed by atoms with Crippen molar-refractivity contribution in [2.45, 2.75) is 191 Å². The summed E-state index contributed by atoms with van der Waals surface area (Å²) in [5.74, 6) is -5.37. The zero-order valence-electron chi connectivity index (χ0n) is 42.1. The van der Waals surface area contributed by atoms with Gasteiger partial charge in [0, 0.05) is 28.1 Å². The molecule has 1 aromatic carbocycles. The van der Waals surface area contributed by atoms with Crippen LogP contribution < -0.4 is 0 Å². The monoisotopic (exact) mass is 1090 g/mol. The first-order valence-electron chi connectivity index (χ1n) is 23.9. The van der Waals surface area contributed by atoms with Crippen LogP contribution in [0.25, 0.3) is 20.9 Å². The number of nitrogens with one attached hydrogen (secondary N) is 1. The van der Waals surface area contributed by atoms with E-state index in [1.54, 1.807) is 58.0 Å². The van der Waals surface area contributed by atoms with Crippen LogP contribution in [0.15, 0.2) is 40.6 Å². The Balaban J connectivity index is 0.00000375. The third-order valence-corrected chi connectivity index (χ3v) is 14.2. The Morgan fingerprint density at radius 1 is 0.658 bits per heavy atom. The molecule has 4 aliphatic heterocycles. The van der Waals surface area contributed by atoms with Gasteiger partial charge in [-0.1, -0.05) is 112 Å². The minimum Gasteiger partial charge on any atom is -0.457 e. The molecule has 23 nitrogen and oxygen atoms in total. The lowest BCUT2D eigenvalue weighted by molar-refractivity contribution is -0.353. The smallest absolute Gasteiger partial charge is 0.373 e. The fraction of sp³-hybridized carbons (Fsp3) is 0.745. The molecule has 20 atom stereocenters. The summed E-state index contributed by atoms with van der Waals surface area (Å²) in [5.41, 5.74) is 19.7. The van der Waals surface area contributed by atoms with Crippen LogP contribution in [0.1, 0.15) is 105 Å². The summed E-state index contributed by atoms with van der Waals surface area (Å²) < 4.78 is 60.9. The number of ether oxygens (including phenoxy) is 10. The van der Waals surface area contributed by atoms with E-state index in [0.29, 0.717) is 12.8 Å². The predicted octanol–water partition coefficient (Wildman–Crippen LogP) is 8.30. The van der Waals surface area contributed by atoms with Gasteiger partial charge in [-0.25, -0.2) is 4.79 Å². The average Bonchev–Trinajstić information content (AvgIpc) is 3.34. The molecule has 6 unspecified atom stereocenters.